The molecule has 0 amide bonds. The van der Waals surface area contributed by atoms with Crippen molar-refractivity contribution < 1.29 is 0 Å². The van der Waals surface area contributed by atoms with Gasteiger partial charge in [0.2, 0.25) is 0 Å². The highest BCUT2D eigenvalue weighted by Crippen LogP contribution is 2.31. The van der Waals surface area contributed by atoms with Crippen LogP contribution in [0.5, 0.6) is 0 Å². The molecule has 1 N–H and O–H groups in total. The number of para-hydroxylation sites is 2. The van der Waals surface area contributed by atoms with Gasteiger partial charge in [0, 0.05) is 24.7 Å². The fourth-order valence-corrected chi connectivity index (χ4v) is 3.34. The molecule has 0 saturated carbocycles. The number of likely N-dealkylation sites (tertiary alicyclic amines) is 1. The van der Waals surface area contributed by atoms with Crippen molar-refractivity contribution in [2.45, 2.75) is 45.2 Å². The summed E-state index contributed by atoms with van der Waals surface area (Å²) < 4.78 is 1.97. The first-order chi connectivity index (χ1) is 9.51. The topological polar surface area (TPSA) is 41.0 Å². The van der Waals surface area contributed by atoms with Crippen LogP contribution in [0.15, 0.2) is 29.1 Å². The van der Waals surface area contributed by atoms with E-state index >= 15 is 0 Å². The van der Waals surface area contributed by atoms with E-state index in [4.69, 9.17) is 0 Å². The number of fused-ring (bicyclic) bond motifs is 1. The first-order valence-electron chi connectivity index (χ1n) is 7.45. The van der Waals surface area contributed by atoms with Gasteiger partial charge in [-0.15, -0.1) is 0 Å². The SMILES string of the molecule is CC(C)N1CCC(C)(n2c(=O)[nH]c3ccccc32)CC1. The summed E-state index contributed by atoms with van der Waals surface area (Å²) >= 11 is 0. The summed E-state index contributed by atoms with van der Waals surface area (Å²) in [4.78, 5) is 17.8. The molecule has 1 aliphatic heterocycles. The molecule has 2 aromatic rings. The van der Waals surface area contributed by atoms with E-state index in [1.54, 1.807) is 0 Å². The monoisotopic (exact) mass is 273 g/mol. The van der Waals surface area contributed by atoms with Gasteiger partial charge in [0.05, 0.1) is 11.0 Å². The quantitative estimate of drug-likeness (QED) is 0.913. The molecule has 20 heavy (non-hydrogen) atoms. The largest absolute Gasteiger partial charge is 0.326 e. The van der Waals surface area contributed by atoms with Crippen LogP contribution in [0.3, 0.4) is 0 Å². The third-order valence-electron chi connectivity index (χ3n) is 4.73. The number of rotatable bonds is 2. The minimum atomic E-state index is -0.0813. The molecule has 1 aromatic carbocycles. The van der Waals surface area contributed by atoms with Crippen molar-refractivity contribution in [2.24, 2.45) is 0 Å². The van der Waals surface area contributed by atoms with E-state index in [-0.39, 0.29) is 11.2 Å². The lowest BCUT2D eigenvalue weighted by Crippen LogP contribution is -2.49. The van der Waals surface area contributed by atoms with Gasteiger partial charge < -0.3 is 9.88 Å². The minimum absolute atomic E-state index is 0.0201. The maximum atomic E-state index is 12.4. The standard InChI is InChI=1S/C16H23N3O/c1-12(2)18-10-8-16(3,9-11-18)19-14-7-5-4-6-13(14)17-15(19)20/h4-7,12H,8-11H2,1-3H3,(H,17,20). The Labute approximate surface area is 119 Å². The van der Waals surface area contributed by atoms with Gasteiger partial charge in [0.25, 0.3) is 0 Å². The normalized spacial score (nSPS) is 19.8. The fraction of sp³-hybridized carbons (Fsp3) is 0.562. The van der Waals surface area contributed by atoms with E-state index in [9.17, 15) is 4.79 Å². The second kappa shape index (κ2) is 4.77. The van der Waals surface area contributed by atoms with E-state index in [0.717, 1.165) is 37.0 Å². The third kappa shape index (κ3) is 2.08. The summed E-state index contributed by atoms with van der Waals surface area (Å²) in [6.45, 7) is 8.80. The van der Waals surface area contributed by atoms with Gasteiger partial charge in [-0.3, -0.25) is 4.57 Å². The molecule has 0 spiro atoms. The van der Waals surface area contributed by atoms with Crippen LogP contribution >= 0.6 is 0 Å². The minimum Gasteiger partial charge on any atom is -0.306 e. The molecule has 2 heterocycles. The third-order valence-corrected chi connectivity index (χ3v) is 4.73. The molecule has 1 saturated heterocycles. The molecule has 1 fully saturated rings. The van der Waals surface area contributed by atoms with E-state index in [2.05, 4.69) is 30.7 Å². The van der Waals surface area contributed by atoms with Gasteiger partial charge in [-0.1, -0.05) is 12.1 Å². The first-order valence-corrected chi connectivity index (χ1v) is 7.45. The molecule has 0 aliphatic carbocycles. The van der Waals surface area contributed by atoms with Crippen LogP contribution in [0.2, 0.25) is 0 Å². The van der Waals surface area contributed by atoms with Crippen molar-refractivity contribution in [2.75, 3.05) is 13.1 Å². The molecule has 0 bridgehead atoms. The van der Waals surface area contributed by atoms with Crippen molar-refractivity contribution in [3.05, 3.63) is 34.7 Å². The molecule has 0 atom stereocenters. The number of piperidine rings is 1. The van der Waals surface area contributed by atoms with Crippen LogP contribution in [0, 0.1) is 0 Å². The molecular weight excluding hydrogens is 250 g/mol. The van der Waals surface area contributed by atoms with Gasteiger partial charge in [-0.05, 0) is 45.7 Å². The molecule has 0 radical (unpaired) electrons. The summed E-state index contributed by atoms with van der Waals surface area (Å²) in [6, 6.07) is 8.55. The second-order valence-corrected chi connectivity index (χ2v) is 6.41. The average molecular weight is 273 g/mol. The van der Waals surface area contributed by atoms with E-state index in [1.807, 2.05) is 28.8 Å². The number of hydrogen-bond donors (Lipinski definition) is 1. The zero-order valence-corrected chi connectivity index (χ0v) is 12.5. The lowest BCUT2D eigenvalue weighted by Gasteiger charge is -2.41. The van der Waals surface area contributed by atoms with Crippen LogP contribution in [0.25, 0.3) is 11.0 Å². The molecular formula is C16H23N3O. The smallest absolute Gasteiger partial charge is 0.306 e. The van der Waals surface area contributed by atoms with Gasteiger partial charge >= 0.3 is 5.69 Å². The van der Waals surface area contributed by atoms with Gasteiger partial charge in [0.1, 0.15) is 0 Å². The number of nitrogens with one attached hydrogen (secondary N) is 1. The highest BCUT2D eigenvalue weighted by molar-refractivity contribution is 5.75. The Kier molecular flexibility index (Phi) is 3.21. The summed E-state index contributed by atoms with van der Waals surface area (Å²) in [6.07, 6.45) is 2.04. The molecule has 1 aromatic heterocycles. The van der Waals surface area contributed by atoms with Gasteiger partial charge in [-0.2, -0.15) is 0 Å². The van der Waals surface area contributed by atoms with Crippen molar-refractivity contribution in [3.8, 4) is 0 Å². The van der Waals surface area contributed by atoms with Crippen molar-refractivity contribution in [3.63, 3.8) is 0 Å². The van der Waals surface area contributed by atoms with Crippen LogP contribution in [-0.2, 0) is 5.54 Å². The number of aromatic nitrogens is 2. The zero-order valence-electron chi connectivity index (χ0n) is 12.5. The summed E-state index contributed by atoms with van der Waals surface area (Å²) in [7, 11) is 0. The summed E-state index contributed by atoms with van der Waals surface area (Å²) in [5, 5.41) is 0. The predicted molar refractivity (Wildman–Crippen MR) is 82.1 cm³/mol. The highest BCUT2D eigenvalue weighted by Gasteiger charge is 2.34. The Morgan fingerprint density at radius 3 is 2.50 bits per heavy atom. The van der Waals surface area contributed by atoms with E-state index < -0.39 is 0 Å². The van der Waals surface area contributed by atoms with Crippen LogP contribution < -0.4 is 5.69 Å². The number of hydrogen-bond acceptors (Lipinski definition) is 2. The maximum Gasteiger partial charge on any atom is 0.326 e. The van der Waals surface area contributed by atoms with E-state index in [0.29, 0.717) is 6.04 Å². The molecule has 108 valence electrons. The Morgan fingerprint density at radius 1 is 1.20 bits per heavy atom. The van der Waals surface area contributed by atoms with Crippen LogP contribution in [-0.4, -0.2) is 33.6 Å². The first kappa shape index (κ1) is 13.4. The number of benzene rings is 1. The Hall–Kier alpha value is -1.55. The highest BCUT2D eigenvalue weighted by atomic mass is 16.1. The molecule has 4 nitrogen and oxygen atoms in total. The molecule has 4 heteroatoms. The van der Waals surface area contributed by atoms with Crippen molar-refractivity contribution >= 4 is 11.0 Å². The number of H-pyrrole nitrogens is 1. The number of aromatic amines is 1. The van der Waals surface area contributed by atoms with Crippen molar-refractivity contribution in [1.82, 2.24) is 14.5 Å². The Bertz CT molecular complexity index is 660. The zero-order chi connectivity index (χ0) is 14.3. The fourth-order valence-electron chi connectivity index (χ4n) is 3.34. The Balaban J connectivity index is 1.99. The van der Waals surface area contributed by atoms with Gasteiger partial charge in [-0.25, -0.2) is 4.79 Å². The molecule has 1 aliphatic rings. The van der Waals surface area contributed by atoms with Gasteiger partial charge in [0.15, 0.2) is 0 Å². The number of imidazole rings is 1. The summed E-state index contributed by atoms with van der Waals surface area (Å²) in [5.41, 5.74) is 1.90. The molecule has 3 rings (SSSR count). The average Bonchev–Trinajstić information content (AvgIpc) is 2.75. The molecule has 0 unspecified atom stereocenters. The maximum absolute atomic E-state index is 12.4. The lowest BCUT2D eigenvalue weighted by molar-refractivity contribution is 0.101. The Morgan fingerprint density at radius 2 is 1.85 bits per heavy atom. The van der Waals surface area contributed by atoms with Crippen LogP contribution in [0.4, 0.5) is 0 Å². The van der Waals surface area contributed by atoms with E-state index in [1.165, 1.54) is 0 Å². The lowest BCUT2D eigenvalue weighted by atomic mass is 9.88. The number of nitrogens with zero attached hydrogens (tertiary/aromatic N) is 2. The van der Waals surface area contributed by atoms with Crippen molar-refractivity contribution in [1.29, 1.82) is 0 Å². The van der Waals surface area contributed by atoms with Crippen LogP contribution in [0.1, 0.15) is 33.6 Å². The summed E-state index contributed by atoms with van der Waals surface area (Å²) in [5.74, 6) is 0. The second-order valence-electron chi connectivity index (χ2n) is 6.41. The predicted octanol–water partition coefficient (Wildman–Crippen LogP) is 2.55.